The Labute approximate surface area is 178 Å². The molecule has 2 heterocycles. The van der Waals surface area contributed by atoms with E-state index in [1.165, 1.54) is 16.7 Å². The molecule has 0 aliphatic carbocycles. The number of ether oxygens (including phenoxy) is 1. The lowest BCUT2D eigenvalue weighted by atomic mass is 10.1. The molecular weight excluding hydrogens is 372 g/mol. The van der Waals surface area contributed by atoms with Gasteiger partial charge in [0.25, 0.3) is 0 Å². The van der Waals surface area contributed by atoms with Gasteiger partial charge in [-0.1, -0.05) is 55.5 Å². The molecule has 0 bridgehead atoms. The summed E-state index contributed by atoms with van der Waals surface area (Å²) in [5.74, 6) is 0.447. The number of hydrogen-bond acceptors (Lipinski definition) is 3. The predicted molar refractivity (Wildman–Crippen MR) is 121 cm³/mol. The summed E-state index contributed by atoms with van der Waals surface area (Å²) >= 11 is 0. The minimum atomic E-state index is 0.00386. The highest BCUT2D eigenvalue weighted by atomic mass is 16.5. The fraction of sp³-hybridized carbons (Fsp3) is 0.346. The standard InChI is InChI=1S/C26H30N2O2/c1-4-21-9-11-22(12-10-21)18-30-25-17-28-14-13-27(16-24(28)20(3)26(25)29)15-23-8-6-5-7-19(23)2/h5-12,17H,4,13-16,18H2,1-3H3. The highest BCUT2D eigenvalue weighted by Crippen LogP contribution is 2.21. The van der Waals surface area contributed by atoms with E-state index in [9.17, 15) is 4.79 Å². The first-order chi connectivity index (χ1) is 14.5. The fourth-order valence-electron chi connectivity index (χ4n) is 4.06. The van der Waals surface area contributed by atoms with Crippen LogP contribution in [0, 0.1) is 13.8 Å². The van der Waals surface area contributed by atoms with Crippen molar-refractivity contribution in [2.75, 3.05) is 6.54 Å². The van der Waals surface area contributed by atoms with Crippen LogP contribution in [-0.2, 0) is 32.7 Å². The summed E-state index contributed by atoms with van der Waals surface area (Å²) in [6, 6.07) is 16.9. The third-order valence-electron chi connectivity index (χ3n) is 6.13. The average Bonchev–Trinajstić information content (AvgIpc) is 2.77. The monoisotopic (exact) mass is 402 g/mol. The Kier molecular flexibility index (Phi) is 6.05. The fourth-order valence-corrected chi connectivity index (χ4v) is 4.06. The van der Waals surface area contributed by atoms with Gasteiger partial charge < -0.3 is 9.30 Å². The Bertz CT molecular complexity index is 1080. The van der Waals surface area contributed by atoms with Crippen LogP contribution >= 0.6 is 0 Å². The van der Waals surface area contributed by atoms with Gasteiger partial charge in [-0.25, -0.2) is 0 Å². The van der Waals surface area contributed by atoms with Crippen molar-refractivity contribution in [1.82, 2.24) is 9.47 Å². The van der Waals surface area contributed by atoms with E-state index in [1.807, 2.05) is 13.1 Å². The van der Waals surface area contributed by atoms with E-state index < -0.39 is 0 Å². The van der Waals surface area contributed by atoms with E-state index in [2.05, 4.69) is 71.8 Å². The maximum absolute atomic E-state index is 12.9. The van der Waals surface area contributed by atoms with Crippen LogP contribution in [0.4, 0.5) is 0 Å². The average molecular weight is 403 g/mol. The minimum absolute atomic E-state index is 0.00386. The van der Waals surface area contributed by atoms with Crippen LogP contribution in [0.25, 0.3) is 0 Å². The van der Waals surface area contributed by atoms with Crippen LogP contribution in [0.1, 0.15) is 40.4 Å². The van der Waals surface area contributed by atoms with E-state index in [0.717, 1.165) is 49.4 Å². The maximum Gasteiger partial charge on any atom is 0.226 e. The number of hydrogen-bond donors (Lipinski definition) is 0. The second kappa shape index (κ2) is 8.88. The normalized spacial score (nSPS) is 13.8. The van der Waals surface area contributed by atoms with Gasteiger partial charge in [0.05, 0.1) is 6.20 Å². The molecule has 0 atom stereocenters. The Balaban J connectivity index is 1.49. The minimum Gasteiger partial charge on any atom is -0.483 e. The molecule has 1 aromatic heterocycles. The zero-order chi connectivity index (χ0) is 21.1. The van der Waals surface area contributed by atoms with Gasteiger partial charge in [-0.15, -0.1) is 0 Å². The number of fused-ring (bicyclic) bond motifs is 1. The molecule has 2 aromatic carbocycles. The first-order valence-corrected chi connectivity index (χ1v) is 10.8. The van der Waals surface area contributed by atoms with Gasteiger partial charge >= 0.3 is 0 Å². The van der Waals surface area contributed by atoms with E-state index in [0.29, 0.717) is 12.4 Å². The number of nitrogens with zero attached hydrogens (tertiary/aromatic N) is 2. The number of aryl methyl sites for hydroxylation is 2. The van der Waals surface area contributed by atoms with E-state index in [1.54, 1.807) is 0 Å². The summed E-state index contributed by atoms with van der Waals surface area (Å²) in [4.78, 5) is 15.3. The molecule has 0 spiro atoms. The highest BCUT2D eigenvalue weighted by Gasteiger charge is 2.21. The Morgan fingerprint density at radius 3 is 2.43 bits per heavy atom. The lowest BCUT2D eigenvalue weighted by Crippen LogP contribution is -2.36. The Hall–Kier alpha value is -2.85. The van der Waals surface area contributed by atoms with Crippen molar-refractivity contribution in [2.24, 2.45) is 0 Å². The molecule has 1 aliphatic heterocycles. The zero-order valence-corrected chi connectivity index (χ0v) is 18.1. The maximum atomic E-state index is 12.9. The largest absolute Gasteiger partial charge is 0.483 e. The van der Waals surface area contributed by atoms with Crippen LogP contribution in [0.5, 0.6) is 5.75 Å². The molecule has 3 aromatic rings. The molecule has 0 saturated heterocycles. The van der Waals surface area contributed by atoms with Crippen molar-refractivity contribution >= 4 is 0 Å². The van der Waals surface area contributed by atoms with Crippen molar-refractivity contribution in [2.45, 2.75) is 53.4 Å². The molecule has 4 nitrogen and oxygen atoms in total. The van der Waals surface area contributed by atoms with Gasteiger partial charge in [-0.3, -0.25) is 9.69 Å². The summed E-state index contributed by atoms with van der Waals surface area (Å²) in [6.07, 6.45) is 2.92. The lowest BCUT2D eigenvalue weighted by molar-refractivity contribution is 0.207. The number of pyridine rings is 1. The molecular formula is C26H30N2O2. The van der Waals surface area contributed by atoms with Crippen LogP contribution in [0.2, 0.25) is 0 Å². The zero-order valence-electron chi connectivity index (χ0n) is 18.1. The van der Waals surface area contributed by atoms with E-state index >= 15 is 0 Å². The van der Waals surface area contributed by atoms with Gasteiger partial charge in [-0.2, -0.15) is 0 Å². The van der Waals surface area contributed by atoms with Crippen molar-refractivity contribution in [3.63, 3.8) is 0 Å². The Morgan fingerprint density at radius 2 is 1.70 bits per heavy atom. The highest BCUT2D eigenvalue weighted by molar-refractivity contribution is 5.32. The molecule has 0 radical (unpaired) electrons. The number of rotatable bonds is 6. The first kappa shape index (κ1) is 20.4. The molecule has 1 aliphatic rings. The van der Waals surface area contributed by atoms with Gasteiger partial charge in [0, 0.05) is 37.4 Å². The molecule has 156 valence electrons. The Morgan fingerprint density at radius 1 is 0.967 bits per heavy atom. The van der Waals surface area contributed by atoms with Crippen molar-refractivity contribution < 1.29 is 4.74 Å². The quantitative estimate of drug-likeness (QED) is 0.603. The smallest absolute Gasteiger partial charge is 0.226 e. The number of aromatic nitrogens is 1. The molecule has 4 heteroatoms. The van der Waals surface area contributed by atoms with E-state index in [4.69, 9.17) is 4.74 Å². The predicted octanol–water partition coefficient (Wildman–Crippen LogP) is 4.62. The third-order valence-corrected chi connectivity index (χ3v) is 6.13. The summed E-state index contributed by atoms with van der Waals surface area (Å²) in [6.45, 7) is 10.2. The van der Waals surface area contributed by atoms with Crippen molar-refractivity contribution in [3.8, 4) is 5.75 Å². The van der Waals surface area contributed by atoms with Gasteiger partial charge in [0.2, 0.25) is 5.43 Å². The molecule has 30 heavy (non-hydrogen) atoms. The third kappa shape index (κ3) is 4.34. The van der Waals surface area contributed by atoms with Crippen LogP contribution in [0.15, 0.2) is 59.5 Å². The van der Waals surface area contributed by atoms with Gasteiger partial charge in [0.15, 0.2) is 5.75 Å². The number of benzene rings is 2. The van der Waals surface area contributed by atoms with E-state index in [-0.39, 0.29) is 5.43 Å². The van der Waals surface area contributed by atoms with Gasteiger partial charge in [0.1, 0.15) is 6.61 Å². The second-order valence-corrected chi connectivity index (χ2v) is 8.18. The summed E-state index contributed by atoms with van der Waals surface area (Å²) < 4.78 is 8.13. The molecule has 4 rings (SSSR count). The van der Waals surface area contributed by atoms with Crippen LogP contribution < -0.4 is 10.2 Å². The van der Waals surface area contributed by atoms with Gasteiger partial charge in [-0.05, 0) is 42.5 Å². The van der Waals surface area contributed by atoms with Crippen LogP contribution in [0.3, 0.4) is 0 Å². The second-order valence-electron chi connectivity index (χ2n) is 8.18. The molecule has 0 fully saturated rings. The topological polar surface area (TPSA) is 34.5 Å². The van der Waals surface area contributed by atoms with Crippen molar-refractivity contribution in [1.29, 1.82) is 0 Å². The molecule has 0 amide bonds. The lowest BCUT2D eigenvalue weighted by Gasteiger charge is -2.32. The summed E-state index contributed by atoms with van der Waals surface area (Å²) in [5, 5.41) is 0. The molecule has 0 N–H and O–H groups in total. The molecule has 0 saturated carbocycles. The van der Waals surface area contributed by atoms with Crippen molar-refractivity contribution in [3.05, 3.63) is 98.5 Å². The summed E-state index contributed by atoms with van der Waals surface area (Å²) in [7, 11) is 0. The summed E-state index contributed by atoms with van der Waals surface area (Å²) in [5.41, 5.74) is 6.94. The SMILES string of the molecule is CCc1ccc(COc2cn3c(c(C)c2=O)CN(Cc2ccccc2C)CC3)cc1. The molecule has 0 unspecified atom stereocenters. The first-order valence-electron chi connectivity index (χ1n) is 10.8. The van der Waals surface area contributed by atoms with Crippen LogP contribution in [-0.4, -0.2) is 16.0 Å².